The SMILES string of the molecule is CCC(C)(C)NCCC(N)=O. The van der Waals surface area contributed by atoms with Crippen LogP contribution in [0.5, 0.6) is 0 Å². The second kappa shape index (κ2) is 4.34. The molecule has 0 aliphatic carbocycles. The first-order chi connectivity index (χ1) is 4.98. The number of carbonyl (C=O) groups is 1. The van der Waals surface area contributed by atoms with Crippen LogP contribution in [0.2, 0.25) is 0 Å². The van der Waals surface area contributed by atoms with Crippen molar-refractivity contribution in [1.29, 1.82) is 0 Å². The van der Waals surface area contributed by atoms with E-state index in [0.29, 0.717) is 13.0 Å². The molecule has 0 aromatic heterocycles. The Kier molecular flexibility index (Phi) is 4.11. The number of amides is 1. The van der Waals surface area contributed by atoms with Gasteiger partial charge in [-0.05, 0) is 20.3 Å². The van der Waals surface area contributed by atoms with Gasteiger partial charge in [-0.2, -0.15) is 0 Å². The lowest BCUT2D eigenvalue weighted by atomic mass is 10.0. The van der Waals surface area contributed by atoms with Gasteiger partial charge in [0.15, 0.2) is 0 Å². The van der Waals surface area contributed by atoms with Crippen molar-refractivity contribution in [3.05, 3.63) is 0 Å². The van der Waals surface area contributed by atoms with Crippen molar-refractivity contribution in [2.24, 2.45) is 5.73 Å². The molecule has 0 fully saturated rings. The number of hydrogen-bond acceptors (Lipinski definition) is 2. The number of nitrogens with two attached hydrogens (primary N) is 1. The van der Waals surface area contributed by atoms with Crippen molar-refractivity contribution in [2.45, 2.75) is 39.2 Å². The van der Waals surface area contributed by atoms with E-state index in [1.807, 2.05) is 0 Å². The molecule has 0 aromatic rings. The van der Waals surface area contributed by atoms with E-state index in [0.717, 1.165) is 6.42 Å². The predicted molar refractivity (Wildman–Crippen MR) is 46.2 cm³/mol. The Morgan fingerprint density at radius 1 is 1.55 bits per heavy atom. The Hall–Kier alpha value is -0.570. The summed E-state index contributed by atoms with van der Waals surface area (Å²) in [7, 11) is 0. The number of hydrogen-bond donors (Lipinski definition) is 2. The second-order valence-electron chi connectivity index (χ2n) is 3.38. The predicted octanol–water partition coefficient (Wildman–Crippen LogP) is 0.640. The van der Waals surface area contributed by atoms with Gasteiger partial charge in [-0.1, -0.05) is 6.92 Å². The van der Waals surface area contributed by atoms with Crippen LogP contribution in [0.25, 0.3) is 0 Å². The molecule has 0 aliphatic heterocycles. The van der Waals surface area contributed by atoms with Gasteiger partial charge in [-0.3, -0.25) is 4.79 Å². The summed E-state index contributed by atoms with van der Waals surface area (Å²) in [5.41, 5.74) is 5.10. The number of nitrogens with one attached hydrogen (secondary N) is 1. The summed E-state index contributed by atoms with van der Waals surface area (Å²) in [6.45, 7) is 7.00. The normalized spacial score (nSPS) is 11.5. The van der Waals surface area contributed by atoms with Crippen molar-refractivity contribution >= 4 is 5.91 Å². The molecule has 0 radical (unpaired) electrons. The van der Waals surface area contributed by atoms with Crippen LogP contribution in [-0.4, -0.2) is 18.0 Å². The first-order valence-corrected chi connectivity index (χ1v) is 4.01. The molecule has 66 valence electrons. The largest absolute Gasteiger partial charge is 0.370 e. The van der Waals surface area contributed by atoms with Gasteiger partial charge in [0, 0.05) is 18.5 Å². The molecular weight excluding hydrogens is 140 g/mol. The van der Waals surface area contributed by atoms with Gasteiger partial charge in [0.2, 0.25) is 5.91 Å². The lowest BCUT2D eigenvalue weighted by Crippen LogP contribution is -2.40. The van der Waals surface area contributed by atoms with Crippen LogP contribution in [0.15, 0.2) is 0 Å². The van der Waals surface area contributed by atoms with E-state index in [1.54, 1.807) is 0 Å². The zero-order valence-electron chi connectivity index (χ0n) is 7.61. The molecule has 0 atom stereocenters. The first kappa shape index (κ1) is 10.4. The van der Waals surface area contributed by atoms with Gasteiger partial charge in [0.25, 0.3) is 0 Å². The van der Waals surface area contributed by atoms with Gasteiger partial charge >= 0.3 is 0 Å². The van der Waals surface area contributed by atoms with Crippen molar-refractivity contribution in [3.8, 4) is 0 Å². The van der Waals surface area contributed by atoms with E-state index in [4.69, 9.17) is 5.73 Å². The summed E-state index contributed by atoms with van der Waals surface area (Å²) in [5, 5.41) is 3.24. The van der Waals surface area contributed by atoms with Crippen molar-refractivity contribution in [2.75, 3.05) is 6.54 Å². The summed E-state index contributed by atoms with van der Waals surface area (Å²) >= 11 is 0. The Labute approximate surface area is 68.3 Å². The van der Waals surface area contributed by atoms with E-state index >= 15 is 0 Å². The highest BCUT2D eigenvalue weighted by molar-refractivity contribution is 5.73. The summed E-state index contributed by atoms with van der Waals surface area (Å²) < 4.78 is 0. The van der Waals surface area contributed by atoms with E-state index in [9.17, 15) is 4.79 Å². The van der Waals surface area contributed by atoms with Gasteiger partial charge in [-0.25, -0.2) is 0 Å². The van der Waals surface area contributed by atoms with Crippen LogP contribution >= 0.6 is 0 Å². The molecule has 0 spiro atoms. The smallest absolute Gasteiger partial charge is 0.218 e. The molecule has 0 heterocycles. The third-order valence-electron chi connectivity index (χ3n) is 1.86. The Balaban J connectivity index is 3.45. The van der Waals surface area contributed by atoms with Crippen molar-refractivity contribution in [3.63, 3.8) is 0 Å². The zero-order valence-corrected chi connectivity index (χ0v) is 7.61. The minimum Gasteiger partial charge on any atom is -0.370 e. The first-order valence-electron chi connectivity index (χ1n) is 4.01. The lowest BCUT2D eigenvalue weighted by molar-refractivity contribution is -0.117. The summed E-state index contributed by atoms with van der Waals surface area (Å²) in [6.07, 6.45) is 1.47. The molecule has 3 nitrogen and oxygen atoms in total. The molecule has 3 N–H and O–H groups in total. The van der Waals surface area contributed by atoms with E-state index in [1.165, 1.54) is 0 Å². The highest BCUT2D eigenvalue weighted by Crippen LogP contribution is 2.05. The monoisotopic (exact) mass is 158 g/mol. The fourth-order valence-electron chi connectivity index (χ4n) is 0.649. The van der Waals surface area contributed by atoms with Crippen LogP contribution < -0.4 is 11.1 Å². The van der Waals surface area contributed by atoms with Gasteiger partial charge in [0.1, 0.15) is 0 Å². The average Bonchev–Trinajstić information content (AvgIpc) is 1.87. The number of primary amides is 1. The molecule has 11 heavy (non-hydrogen) atoms. The van der Waals surface area contributed by atoms with Crippen LogP contribution in [0.4, 0.5) is 0 Å². The quantitative estimate of drug-likeness (QED) is 0.617. The highest BCUT2D eigenvalue weighted by atomic mass is 16.1. The maximum absolute atomic E-state index is 10.4. The lowest BCUT2D eigenvalue weighted by Gasteiger charge is -2.23. The fraction of sp³-hybridized carbons (Fsp3) is 0.875. The molecule has 0 saturated heterocycles. The molecule has 0 unspecified atom stereocenters. The van der Waals surface area contributed by atoms with Crippen molar-refractivity contribution < 1.29 is 4.79 Å². The molecule has 0 bridgehead atoms. The van der Waals surface area contributed by atoms with E-state index in [-0.39, 0.29) is 11.4 Å². The summed E-state index contributed by atoms with van der Waals surface area (Å²) in [6, 6.07) is 0. The molecule has 0 aliphatic rings. The minimum atomic E-state index is -0.246. The molecule has 1 amide bonds. The number of carbonyl (C=O) groups excluding carboxylic acids is 1. The Bertz CT molecular complexity index is 132. The number of rotatable bonds is 5. The van der Waals surface area contributed by atoms with Crippen molar-refractivity contribution in [1.82, 2.24) is 5.32 Å². The average molecular weight is 158 g/mol. The molecule has 0 rings (SSSR count). The van der Waals surface area contributed by atoms with Crippen LogP contribution in [0.1, 0.15) is 33.6 Å². The summed E-state index contributed by atoms with van der Waals surface area (Å²) in [4.78, 5) is 10.4. The maximum atomic E-state index is 10.4. The molecule has 3 heteroatoms. The third kappa shape index (κ3) is 5.85. The molecule has 0 saturated carbocycles. The van der Waals surface area contributed by atoms with Crippen LogP contribution in [0.3, 0.4) is 0 Å². The topological polar surface area (TPSA) is 55.1 Å². The fourth-order valence-corrected chi connectivity index (χ4v) is 0.649. The van der Waals surface area contributed by atoms with Gasteiger partial charge in [-0.15, -0.1) is 0 Å². The third-order valence-corrected chi connectivity index (χ3v) is 1.86. The van der Waals surface area contributed by atoms with Gasteiger partial charge < -0.3 is 11.1 Å². The van der Waals surface area contributed by atoms with Gasteiger partial charge in [0.05, 0.1) is 0 Å². The highest BCUT2D eigenvalue weighted by Gasteiger charge is 2.12. The minimum absolute atomic E-state index is 0.120. The summed E-state index contributed by atoms with van der Waals surface area (Å²) in [5.74, 6) is -0.246. The van der Waals surface area contributed by atoms with Crippen LogP contribution in [0, 0.1) is 0 Å². The standard InChI is InChI=1S/C8H18N2O/c1-4-8(2,3)10-6-5-7(9)11/h10H,4-6H2,1-3H3,(H2,9,11). The Morgan fingerprint density at radius 2 is 2.09 bits per heavy atom. The second-order valence-corrected chi connectivity index (χ2v) is 3.38. The van der Waals surface area contributed by atoms with E-state index < -0.39 is 0 Å². The van der Waals surface area contributed by atoms with E-state index in [2.05, 4.69) is 26.1 Å². The molecular formula is C8H18N2O. The zero-order chi connectivity index (χ0) is 8.91. The molecule has 0 aromatic carbocycles. The Morgan fingerprint density at radius 3 is 2.45 bits per heavy atom. The maximum Gasteiger partial charge on any atom is 0.218 e. The van der Waals surface area contributed by atoms with Crippen LogP contribution in [-0.2, 0) is 4.79 Å².